The molecule has 0 heterocycles. The molecule has 17 heavy (non-hydrogen) atoms. The van der Waals surface area contributed by atoms with Gasteiger partial charge in [-0.3, -0.25) is 9.13 Å². The minimum atomic E-state index is -3.35. The molecule has 1 unspecified atom stereocenters. The van der Waals surface area contributed by atoms with Crippen molar-refractivity contribution in [2.24, 2.45) is 0 Å². The molecule has 0 saturated carbocycles. The van der Waals surface area contributed by atoms with Crippen molar-refractivity contribution in [3.63, 3.8) is 0 Å². The largest absolute Gasteiger partial charge is 0.341 e. The second-order valence-corrected chi connectivity index (χ2v) is 7.98. The molecule has 0 aromatic rings. The maximum absolute atomic E-state index is 12.3. The quantitative estimate of drug-likeness (QED) is 0.622. The Hall–Kier alpha value is 0.300. The van der Waals surface area contributed by atoms with Crippen molar-refractivity contribution in [3.05, 3.63) is 0 Å². The Bertz CT molecular complexity index is 249. The third-order valence-corrected chi connectivity index (χ3v) is 7.40. The standard InChI is InChI=1S/C9H23NO5P2/c1-5-10-16(11,13-6-2)9-17(12,14-7-3)15-8-4/h5-9H2,1-4H3,(H,10,11). The van der Waals surface area contributed by atoms with Crippen molar-refractivity contribution in [2.75, 3.05) is 32.3 Å². The summed E-state index contributed by atoms with van der Waals surface area (Å²) in [6.07, 6.45) is 0. The number of hydrogen-bond donors (Lipinski definition) is 1. The lowest BCUT2D eigenvalue weighted by Crippen LogP contribution is -2.16. The fourth-order valence-electron chi connectivity index (χ4n) is 1.33. The highest BCUT2D eigenvalue weighted by molar-refractivity contribution is 7.72. The van der Waals surface area contributed by atoms with E-state index in [4.69, 9.17) is 13.6 Å². The maximum Gasteiger partial charge on any atom is 0.341 e. The van der Waals surface area contributed by atoms with Gasteiger partial charge in [-0.15, -0.1) is 0 Å². The predicted octanol–water partition coefficient (Wildman–Crippen LogP) is 3.05. The van der Waals surface area contributed by atoms with Gasteiger partial charge in [0, 0.05) is 6.54 Å². The Balaban J connectivity index is 4.79. The monoisotopic (exact) mass is 287 g/mol. The lowest BCUT2D eigenvalue weighted by atomic mass is 10.8. The van der Waals surface area contributed by atoms with Gasteiger partial charge in [0.25, 0.3) is 7.52 Å². The van der Waals surface area contributed by atoms with Gasteiger partial charge in [-0.1, -0.05) is 6.92 Å². The van der Waals surface area contributed by atoms with Crippen LogP contribution in [0.2, 0.25) is 0 Å². The highest BCUT2D eigenvalue weighted by Gasteiger charge is 2.36. The van der Waals surface area contributed by atoms with Gasteiger partial charge < -0.3 is 13.6 Å². The van der Waals surface area contributed by atoms with Gasteiger partial charge in [0.2, 0.25) is 0 Å². The SMILES string of the molecule is CCNP(=O)(CP(=O)(OCC)OCC)OCC. The first kappa shape index (κ1) is 17.3. The van der Waals surface area contributed by atoms with Gasteiger partial charge in [-0.25, -0.2) is 5.09 Å². The van der Waals surface area contributed by atoms with Crippen LogP contribution in [0.4, 0.5) is 0 Å². The van der Waals surface area contributed by atoms with Crippen LogP contribution < -0.4 is 5.09 Å². The molecule has 0 rings (SSSR count). The summed E-state index contributed by atoms with van der Waals surface area (Å²) in [7, 11) is -6.51. The van der Waals surface area contributed by atoms with E-state index in [0.29, 0.717) is 6.54 Å². The molecule has 0 radical (unpaired) electrons. The molecule has 1 atom stereocenters. The fraction of sp³-hybridized carbons (Fsp3) is 1.00. The van der Waals surface area contributed by atoms with Crippen LogP contribution in [0.15, 0.2) is 0 Å². The van der Waals surface area contributed by atoms with Crippen LogP contribution >= 0.6 is 15.1 Å². The molecule has 0 bridgehead atoms. The lowest BCUT2D eigenvalue weighted by Gasteiger charge is -2.23. The minimum Gasteiger partial charge on any atom is -0.317 e. The molecule has 104 valence electrons. The second kappa shape index (κ2) is 8.41. The Kier molecular flexibility index (Phi) is 8.56. The van der Waals surface area contributed by atoms with Crippen molar-refractivity contribution in [2.45, 2.75) is 27.7 Å². The van der Waals surface area contributed by atoms with Crippen LogP contribution in [0.1, 0.15) is 27.7 Å². The van der Waals surface area contributed by atoms with Gasteiger partial charge >= 0.3 is 7.60 Å². The predicted molar refractivity (Wildman–Crippen MR) is 68.6 cm³/mol. The third kappa shape index (κ3) is 6.70. The molecular formula is C9H23NO5P2. The molecule has 8 heteroatoms. The zero-order valence-electron chi connectivity index (χ0n) is 11.0. The first-order valence-electron chi connectivity index (χ1n) is 5.82. The molecular weight excluding hydrogens is 264 g/mol. The van der Waals surface area contributed by atoms with Crippen LogP contribution in [0.25, 0.3) is 0 Å². The zero-order chi connectivity index (χ0) is 13.4. The van der Waals surface area contributed by atoms with Gasteiger partial charge in [0.15, 0.2) is 0 Å². The molecule has 0 saturated heterocycles. The van der Waals surface area contributed by atoms with E-state index in [1.807, 2.05) is 0 Å². The van der Waals surface area contributed by atoms with E-state index in [2.05, 4.69) is 5.09 Å². The minimum absolute atomic E-state index is 0.233. The normalized spacial score (nSPS) is 15.8. The summed E-state index contributed by atoms with van der Waals surface area (Å²) >= 11 is 0. The van der Waals surface area contributed by atoms with Crippen molar-refractivity contribution < 1.29 is 22.7 Å². The van der Waals surface area contributed by atoms with Crippen molar-refractivity contribution in [1.29, 1.82) is 0 Å². The van der Waals surface area contributed by atoms with Crippen molar-refractivity contribution in [1.82, 2.24) is 5.09 Å². The first-order chi connectivity index (χ1) is 7.95. The van der Waals surface area contributed by atoms with Crippen LogP contribution in [-0.4, -0.2) is 32.3 Å². The highest BCUT2D eigenvalue weighted by Crippen LogP contribution is 2.61. The molecule has 0 aliphatic carbocycles. The number of nitrogens with one attached hydrogen (secondary N) is 1. The van der Waals surface area contributed by atoms with Crippen LogP contribution in [-0.2, 0) is 22.7 Å². The molecule has 1 N–H and O–H groups in total. The second-order valence-electron chi connectivity index (χ2n) is 3.19. The third-order valence-electron chi connectivity index (χ3n) is 1.75. The summed E-state index contributed by atoms with van der Waals surface area (Å²) in [6.45, 7) is 8.20. The summed E-state index contributed by atoms with van der Waals surface area (Å²) in [5.74, 6) is -0.233. The summed E-state index contributed by atoms with van der Waals surface area (Å²) in [5.41, 5.74) is 0. The van der Waals surface area contributed by atoms with Gasteiger partial charge in [0.1, 0.15) is 5.90 Å². The molecule has 0 spiro atoms. The van der Waals surface area contributed by atoms with Crippen molar-refractivity contribution >= 4 is 15.1 Å². The van der Waals surface area contributed by atoms with E-state index in [1.165, 1.54) is 0 Å². The van der Waals surface area contributed by atoms with Gasteiger partial charge in [-0.2, -0.15) is 0 Å². The summed E-state index contributed by atoms with van der Waals surface area (Å²) in [4.78, 5) is 0. The topological polar surface area (TPSA) is 73.9 Å². The van der Waals surface area contributed by atoms with E-state index >= 15 is 0 Å². The summed E-state index contributed by atoms with van der Waals surface area (Å²) in [5, 5.41) is 2.73. The van der Waals surface area contributed by atoms with E-state index in [9.17, 15) is 9.13 Å². The average molecular weight is 287 g/mol. The Morgan fingerprint density at radius 3 is 1.71 bits per heavy atom. The number of rotatable bonds is 10. The summed E-state index contributed by atoms with van der Waals surface area (Å²) < 4.78 is 39.9. The van der Waals surface area contributed by atoms with Crippen LogP contribution in [0.3, 0.4) is 0 Å². The van der Waals surface area contributed by atoms with E-state index in [1.54, 1.807) is 27.7 Å². The zero-order valence-corrected chi connectivity index (χ0v) is 12.8. The fourth-order valence-corrected chi connectivity index (χ4v) is 6.38. The van der Waals surface area contributed by atoms with E-state index in [0.717, 1.165) is 0 Å². The van der Waals surface area contributed by atoms with Crippen LogP contribution in [0.5, 0.6) is 0 Å². The number of hydrogen-bond acceptors (Lipinski definition) is 5. The van der Waals surface area contributed by atoms with Gasteiger partial charge in [-0.05, 0) is 20.8 Å². The Labute approximate surface area is 103 Å². The molecule has 0 aliphatic rings. The molecule has 6 nitrogen and oxygen atoms in total. The Morgan fingerprint density at radius 2 is 1.35 bits per heavy atom. The maximum atomic E-state index is 12.3. The highest BCUT2D eigenvalue weighted by atomic mass is 31.2. The van der Waals surface area contributed by atoms with E-state index < -0.39 is 15.1 Å². The summed E-state index contributed by atoms with van der Waals surface area (Å²) in [6, 6.07) is 0. The lowest BCUT2D eigenvalue weighted by molar-refractivity contribution is 0.222. The molecule has 0 amide bonds. The first-order valence-corrected chi connectivity index (χ1v) is 9.35. The van der Waals surface area contributed by atoms with Gasteiger partial charge in [0.05, 0.1) is 19.8 Å². The molecule has 0 fully saturated rings. The molecule has 0 aromatic heterocycles. The van der Waals surface area contributed by atoms with E-state index in [-0.39, 0.29) is 25.7 Å². The Morgan fingerprint density at radius 1 is 0.882 bits per heavy atom. The molecule has 0 aromatic carbocycles. The van der Waals surface area contributed by atoms with Crippen LogP contribution in [0, 0.1) is 0 Å². The molecule has 0 aliphatic heterocycles. The van der Waals surface area contributed by atoms with Crippen molar-refractivity contribution in [3.8, 4) is 0 Å². The smallest absolute Gasteiger partial charge is 0.317 e. The average Bonchev–Trinajstić information content (AvgIpc) is 2.17.